The normalized spacial score (nSPS) is 27.8. The molecule has 152 valence electrons. The Morgan fingerprint density at radius 3 is 2.79 bits per heavy atom. The summed E-state index contributed by atoms with van der Waals surface area (Å²) in [7, 11) is 0. The Labute approximate surface area is 162 Å². The number of anilines is 1. The summed E-state index contributed by atoms with van der Waals surface area (Å²) in [6, 6.07) is 4.45. The van der Waals surface area contributed by atoms with Crippen molar-refractivity contribution in [1.82, 2.24) is 15.5 Å². The fourth-order valence-corrected chi connectivity index (χ4v) is 4.09. The molecule has 0 spiro atoms. The van der Waals surface area contributed by atoms with Gasteiger partial charge >= 0.3 is 0 Å². The predicted molar refractivity (Wildman–Crippen MR) is 97.8 cm³/mol. The molecule has 2 fully saturated rings. The van der Waals surface area contributed by atoms with Crippen LogP contribution in [-0.2, 0) is 20.7 Å². The molecule has 28 heavy (non-hydrogen) atoms. The number of hydrogen-bond donors (Lipinski definition) is 2. The van der Waals surface area contributed by atoms with Crippen molar-refractivity contribution in [3.63, 3.8) is 0 Å². The molecule has 1 aromatic rings. The van der Waals surface area contributed by atoms with Crippen LogP contribution in [0.1, 0.15) is 18.9 Å². The lowest BCUT2D eigenvalue weighted by Crippen LogP contribution is -2.71. The zero-order chi connectivity index (χ0) is 19.9. The number of rotatable bonds is 3. The van der Waals surface area contributed by atoms with E-state index >= 15 is 4.39 Å². The molecule has 3 aliphatic rings. The molecule has 2 saturated heterocycles. The molecule has 4 rings (SSSR count). The van der Waals surface area contributed by atoms with Gasteiger partial charge < -0.3 is 15.0 Å². The molecule has 3 aliphatic heterocycles. The maximum absolute atomic E-state index is 15.7. The van der Waals surface area contributed by atoms with E-state index in [9.17, 15) is 14.0 Å². The molecule has 3 atom stereocenters. The van der Waals surface area contributed by atoms with Crippen LogP contribution in [0.5, 0.6) is 0 Å². The minimum atomic E-state index is -2.39. The van der Waals surface area contributed by atoms with Crippen LogP contribution in [0.25, 0.3) is 0 Å². The van der Waals surface area contributed by atoms with E-state index in [4.69, 9.17) is 4.74 Å². The highest BCUT2D eigenvalue weighted by Crippen LogP contribution is 2.33. The van der Waals surface area contributed by atoms with Gasteiger partial charge in [0.2, 0.25) is 11.6 Å². The summed E-state index contributed by atoms with van der Waals surface area (Å²) < 4.78 is 35.0. The van der Waals surface area contributed by atoms with E-state index in [0.29, 0.717) is 44.0 Å². The molecule has 3 heterocycles. The molecule has 0 aliphatic carbocycles. The van der Waals surface area contributed by atoms with Gasteiger partial charge in [0.15, 0.2) is 0 Å². The predicted octanol–water partition coefficient (Wildman–Crippen LogP) is 0.537. The second kappa shape index (κ2) is 7.38. The highest BCUT2D eigenvalue weighted by atomic mass is 19.1. The Kier molecular flexibility index (Phi) is 5.07. The number of ether oxygens (including phenoxy) is 1. The molecule has 0 radical (unpaired) electrons. The van der Waals surface area contributed by atoms with E-state index < -0.39 is 23.6 Å². The fourth-order valence-electron chi connectivity index (χ4n) is 4.09. The van der Waals surface area contributed by atoms with Gasteiger partial charge in [-0.3, -0.25) is 19.8 Å². The molecule has 2 amide bonds. The molecule has 0 saturated carbocycles. The van der Waals surface area contributed by atoms with E-state index in [-0.39, 0.29) is 25.0 Å². The number of amides is 2. The summed E-state index contributed by atoms with van der Waals surface area (Å²) in [6.45, 7) is 3.73. The number of nitrogens with zero attached hydrogens (tertiary/aromatic N) is 2. The monoisotopic (exact) mass is 394 g/mol. The first-order chi connectivity index (χ1) is 13.4. The topological polar surface area (TPSA) is 73.9 Å². The van der Waals surface area contributed by atoms with E-state index in [1.807, 2.05) is 4.90 Å². The quantitative estimate of drug-likeness (QED) is 0.783. The van der Waals surface area contributed by atoms with Gasteiger partial charge in [0.1, 0.15) is 12.0 Å². The summed E-state index contributed by atoms with van der Waals surface area (Å²) in [5, 5.41) is 5.64. The summed E-state index contributed by atoms with van der Waals surface area (Å²) in [5.41, 5.74) is -1.59. The lowest BCUT2D eigenvalue weighted by Gasteiger charge is -2.43. The number of carbonyl (C=O) groups excluding carboxylic acids is 2. The summed E-state index contributed by atoms with van der Waals surface area (Å²) in [6.07, 6.45) is -1.02. The maximum atomic E-state index is 15.7. The van der Waals surface area contributed by atoms with Crippen LogP contribution in [0, 0.1) is 5.82 Å². The second-order valence-electron chi connectivity index (χ2n) is 7.56. The van der Waals surface area contributed by atoms with Crippen molar-refractivity contribution in [3.05, 3.63) is 29.6 Å². The third-order valence-electron chi connectivity index (χ3n) is 5.71. The minimum absolute atomic E-state index is 0.179. The lowest BCUT2D eigenvalue weighted by atomic mass is 9.99. The van der Waals surface area contributed by atoms with Crippen molar-refractivity contribution in [2.45, 2.75) is 37.8 Å². The molecule has 9 heteroatoms. The van der Waals surface area contributed by atoms with E-state index in [1.165, 1.54) is 17.0 Å². The van der Waals surface area contributed by atoms with Crippen molar-refractivity contribution < 1.29 is 23.1 Å². The summed E-state index contributed by atoms with van der Waals surface area (Å²) in [4.78, 5) is 28.5. The number of nitrogens with one attached hydrogen (secondary N) is 2. The molecule has 3 unspecified atom stereocenters. The van der Waals surface area contributed by atoms with Crippen molar-refractivity contribution in [2.24, 2.45) is 0 Å². The molecule has 7 nitrogen and oxygen atoms in total. The van der Waals surface area contributed by atoms with Gasteiger partial charge in [0.05, 0.1) is 25.8 Å². The van der Waals surface area contributed by atoms with E-state index in [1.54, 1.807) is 6.07 Å². The van der Waals surface area contributed by atoms with Gasteiger partial charge in [0, 0.05) is 30.9 Å². The average Bonchev–Trinajstić information content (AvgIpc) is 3.13. The van der Waals surface area contributed by atoms with Crippen LogP contribution in [0.4, 0.5) is 14.5 Å². The smallest absolute Gasteiger partial charge is 0.268 e. The third kappa shape index (κ3) is 3.38. The highest BCUT2D eigenvalue weighted by molar-refractivity contribution is 6.01. The van der Waals surface area contributed by atoms with Gasteiger partial charge in [-0.05, 0) is 25.5 Å². The zero-order valence-electron chi connectivity index (χ0n) is 15.7. The van der Waals surface area contributed by atoms with Crippen LogP contribution in [-0.4, -0.2) is 67.6 Å². The number of alkyl halides is 1. The first-order valence-corrected chi connectivity index (χ1v) is 9.53. The average molecular weight is 394 g/mol. The molecule has 2 N–H and O–H groups in total. The second-order valence-corrected chi connectivity index (χ2v) is 7.56. The van der Waals surface area contributed by atoms with Crippen LogP contribution in [0.2, 0.25) is 0 Å². The van der Waals surface area contributed by atoms with Gasteiger partial charge in [-0.1, -0.05) is 6.07 Å². The largest absolute Gasteiger partial charge is 0.379 e. The van der Waals surface area contributed by atoms with Gasteiger partial charge in [-0.15, -0.1) is 0 Å². The third-order valence-corrected chi connectivity index (χ3v) is 5.71. The number of fused-ring (bicyclic) bond motifs is 1. The van der Waals surface area contributed by atoms with Crippen molar-refractivity contribution >= 4 is 17.5 Å². The van der Waals surface area contributed by atoms with Crippen molar-refractivity contribution in [2.75, 3.05) is 37.7 Å². The Balaban J connectivity index is 1.53. The van der Waals surface area contributed by atoms with Crippen LogP contribution in [0.3, 0.4) is 0 Å². The zero-order valence-corrected chi connectivity index (χ0v) is 15.7. The Hall–Kier alpha value is -2.10. The number of carbonyl (C=O) groups is 2. The Morgan fingerprint density at radius 1 is 1.29 bits per heavy atom. The van der Waals surface area contributed by atoms with Gasteiger partial charge in [-0.2, -0.15) is 0 Å². The molecule has 0 bridgehead atoms. The summed E-state index contributed by atoms with van der Waals surface area (Å²) >= 11 is 0. The number of halogens is 2. The van der Waals surface area contributed by atoms with Crippen LogP contribution < -0.4 is 15.5 Å². The van der Waals surface area contributed by atoms with E-state index in [2.05, 4.69) is 10.6 Å². The van der Waals surface area contributed by atoms with Crippen LogP contribution >= 0.6 is 0 Å². The van der Waals surface area contributed by atoms with Crippen molar-refractivity contribution in [1.29, 1.82) is 0 Å². The van der Waals surface area contributed by atoms with Crippen LogP contribution in [0.15, 0.2) is 18.2 Å². The Bertz CT molecular complexity index is 782. The number of morpholine rings is 1. The standard InChI is InChI=1S/C19H24F2N4O3/c1-19(21,18(27)25-6-5-12-13(20)3-2-4-14(12)25)17-22-15(11-16(26)23-17)24-7-9-28-10-8-24/h2-4,15,17,22H,5-11H2,1H3,(H,23,26). The van der Waals surface area contributed by atoms with E-state index in [0.717, 1.165) is 6.92 Å². The molecule has 0 aromatic heterocycles. The first kappa shape index (κ1) is 19.2. The number of benzene rings is 1. The lowest BCUT2D eigenvalue weighted by molar-refractivity contribution is -0.138. The van der Waals surface area contributed by atoms with Gasteiger partial charge in [-0.25, -0.2) is 8.78 Å². The Morgan fingerprint density at radius 2 is 2.04 bits per heavy atom. The molecular formula is C19H24F2N4O3. The van der Waals surface area contributed by atoms with Gasteiger partial charge in [0.25, 0.3) is 5.91 Å². The SMILES string of the molecule is CC(F)(C(=O)N1CCc2c(F)cccc21)C1NC(=O)CC(N2CCOCC2)N1. The molecular weight excluding hydrogens is 370 g/mol. The minimum Gasteiger partial charge on any atom is -0.379 e. The summed E-state index contributed by atoms with van der Waals surface area (Å²) in [5.74, 6) is -1.51. The highest BCUT2D eigenvalue weighted by Gasteiger charge is 2.49. The maximum Gasteiger partial charge on any atom is 0.268 e. The number of hydrogen-bond acceptors (Lipinski definition) is 5. The first-order valence-electron chi connectivity index (χ1n) is 9.53. The molecule has 1 aromatic carbocycles. The van der Waals surface area contributed by atoms with Crippen molar-refractivity contribution in [3.8, 4) is 0 Å². The fraction of sp³-hybridized carbons (Fsp3) is 0.579.